The third-order valence-electron chi connectivity index (χ3n) is 10.9. The molecular formula is C40H50N8O7S. The fourth-order valence-corrected chi connectivity index (χ4v) is 8.84. The monoisotopic (exact) mass is 786 g/mol. The number of nitrogens with one attached hydrogen (secondary N) is 4. The Labute approximate surface area is 330 Å². The van der Waals surface area contributed by atoms with E-state index in [4.69, 9.17) is 24.2 Å². The summed E-state index contributed by atoms with van der Waals surface area (Å²) < 4.78 is 16.0. The zero-order chi connectivity index (χ0) is 39.7. The van der Waals surface area contributed by atoms with Crippen molar-refractivity contribution in [3.05, 3.63) is 54.0 Å². The number of nitrogens with zero attached hydrogens (tertiary/aromatic N) is 4. The molecule has 15 nitrogen and oxygen atoms in total. The molecule has 16 heteroatoms. The molecule has 1 unspecified atom stereocenters. The van der Waals surface area contributed by atoms with Crippen LogP contribution in [0.4, 0.5) is 9.59 Å². The molecule has 0 radical (unpaired) electrons. The number of benzene rings is 2. The maximum Gasteiger partial charge on any atom is 0.407 e. The van der Waals surface area contributed by atoms with Gasteiger partial charge in [-0.25, -0.2) is 14.6 Å². The van der Waals surface area contributed by atoms with E-state index >= 15 is 0 Å². The number of methoxy groups -OCH3 is 2. The molecule has 56 heavy (non-hydrogen) atoms. The molecule has 3 aromatic rings. The molecule has 5 atom stereocenters. The van der Waals surface area contributed by atoms with E-state index in [2.05, 4.69) is 45.2 Å². The second-order valence-corrected chi connectivity index (χ2v) is 16.4. The quantitative estimate of drug-likeness (QED) is 0.154. The van der Waals surface area contributed by atoms with Gasteiger partial charge in [0.1, 0.15) is 35.2 Å². The van der Waals surface area contributed by atoms with Gasteiger partial charge in [0.05, 0.1) is 60.6 Å². The summed E-state index contributed by atoms with van der Waals surface area (Å²) in [6, 6.07) is 10.4. The number of hydrogen-bond acceptors (Lipinski definition) is 11. The summed E-state index contributed by atoms with van der Waals surface area (Å²) >= 11 is 1.64. The Balaban J connectivity index is 0.999. The number of imidazole rings is 1. The average Bonchev–Trinajstić information content (AvgIpc) is 4.03. The predicted octanol–water partition coefficient (Wildman–Crippen LogP) is 5.79. The summed E-state index contributed by atoms with van der Waals surface area (Å²) in [5.74, 6) is 2.53. The lowest BCUT2D eigenvalue weighted by molar-refractivity contribution is -0.135. The van der Waals surface area contributed by atoms with Crippen molar-refractivity contribution >= 4 is 41.6 Å². The first-order valence-corrected chi connectivity index (χ1v) is 20.1. The first-order valence-electron chi connectivity index (χ1n) is 19.3. The van der Waals surface area contributed by atoms with E-state index in [1.807, 2.05) is 44.7 Å². The molecule has 4 aliphatic rings. The number of alkyl carbamates (subject to hydrolysis) is 2. The first-order chi connectivity index (χ1) is 26.9. The second kappa shape index (κ2) is 16.5. The number of aliphatic imine (C=N–C) groups is 1. The van der Waals surface area contributed by atoms with Gasteiger partial charge in [-0.05, 0) is 73.4 Å². The van der Waals surface area contributed by atoms with Crippen LogP contribution in [-0.4, -0.2) is 102 Å². The fourth-order valence-electron chi connectivity index (χ4n) is 7.87. The van der Waals surface area contributed by atoms with E-state index < -0.39 is 24.3 Å². The standard InChI is InChI=1S/C40H50N8O7S/c1-21(2)33(45-39(51)53-5)37(49)47-15-7-9-27(47)35-41-19-25(43-35)23-12-14-31-30(17-23)55-29-13-11-24(18-32(29)56-31)26-20-42-36(44-26)28-10-8-16-48(28)38(50)34(22(3)4)46-40(52)54-6/h11-14,17-18,20-22,25,27-28,33-34H,7-10,15-16,19H2,1-6H3,(H,41,43)(H,42,44)(H,45,51)(H,46,52)/t25?,27-,28-,33-,34-/m0/s1. The highest BCUT2D eigenvalue weighted by atomic mass is 32.2. The number of fused-ring (bicyclic) bond motifs is 2. The van der Waals surface area contributed by atoms with Crippen molar-refractivity contribution in [2.24, 2.45) is 16.8 Å². The van der Waals surface area contributed by atoms with Gasteiger partial charge in [-0.3, -0.25) is 14.6 Å². The normalized spacial score (nSPS) is 21.1. The molecule has 0 bridgehead atoms. The number of likely N-dealkylation sites (tertiary alicyclic amines) is 2. The van der Waals surface area contributed by atoms with Crippen LogP contribution in [0, 0.1) is 11.8 Å². The second-order valence-electron chi connectivity index (χ2n) is 15.3. The number of amides is 4. The van der Waals surface area contributed by atoms with Crippen LogP contribution < -0.4 is 20.7 Å². The highest BCUT2D eigenvalue weighted by Crippen LogP contribution is 2.49. The number of carbonyl (C=O) groups is 4. The van der Waals surface area contributed by atoms with E-state index in [1.54, 1.807) is 22.9 Å². The van der Waals surface area contributed by atoms with Crippen molar-refractivity contribution < 1.29 is 33.4 Å². The number of aromatic amines is 1. The number of carbonyl (C=O) groups excluding carboxylic acids is 4. The van der Waals surface area contributed by atoms with Crippen molar-refractivity contribution in [3.8, 4) is 22.8 Å². The molecular weight excluding hydrogens is 737 g/mol. The topological polar surface area (TPSA) is 180 Å². The Morgan fingerprint density at radius 3 is 2.12 bits per heavy atom. The van der Waals surface area contributed by atoms with Crippen molar-refractivity contribution in [1.29, 1.82) is 0 Å². The summed E-state index contributed by atoms with van der Waals surface area (Å²) in [7, 11) is 2.58. The smallest absolute Gasteiger partial charge is 0.407 e. The van der Waals surface area contributed by atoms with Gasteiger partial charge in [-0.15, -0.1) is 0 Å². The van der Waals surface area contributed by atoms with Crippen LogP contribution >= 0.6 is 11.8 Å². The average molecular weight is 787 g/mol. The summed E-state index contributed by atoms with van der Waals surface area (Å²) in [6.07, 6.45) is 3.80. The zero-order valence-electron chi connectivity index (χ0n) is 32.6. The van der Waals surface area contributed by atoms with E-state index in [1.165, 1.54) is 14.2 Å². The number of ether oxygens (including phenoxy) is 3. The SMILES string of the molecule is COC(=O)N[C@H](C(=O)N1CCC[C@H]1C1=NCC(c2ccc3c(c2)Oc2ccc(-c4cnc([C@@H]5CCCN5C(=O)[C@@H](NC(=O)OC)C(C)C)[nH]4)cc2S3)N1)C(C)C. The molecule has 0 aliphatic carbocycles. The maximum absolute atomic E-state index is 13.6. The molecule has 2 aromatic carbocycles. The summed E-state index contributed by atoms with van der Waals surface area (Å²) in [5, 5.41) is 8.99. The van der Waals surface area contributed by atoms with Crippen molar-refractivity contribution in [2.45, 2.75) is 93.4 Å². The minimum absolute atomic E-state index is 0.0691. The van der Waals surface area contributed by atoms with E-state index in [0.29, 0.717) is 25.5 Å². The third kappa shape index (κ3) is 7.88. The molecule has 4 amide bonds. The number of amidine groups is 1. The lowest BCUT2D eigenvalue weighted by Gasteiger charge is -2.31. The Morgan fingerprint density at radius 2 is 1.48 bits per heavy atom. The number of H-pyrrole nitrogens is 1. The Morgan fingerprint density at radius 1 is 0.839 bits per heavy atom. The summed E-state index contributed by atoms with van der Waals surface area (Å²) in [4.78, 5) is 69.8. The zero-order valence-corrected chi connectivity index (χ0v) is 33.4. The van der Waals surface area contributed by atoms with Crippen LogP contribution in [0.25, 0.3) is 11.3 Å². The van der Waals surface area contributed by atoms with Gasteiger partial charge < -0.3 is 44.9 Å². The third-order valence-corrected chi connectivity index (χ3v) is 12.0. The van der Waals surface area contributed by atoms with Crippen LogP contribution in [0.2, 0.25) is 0 Å². The number of hydrogen-bond donors (Lipinski definition) is 4. The van der Waals surface area contributed by atoms with Gasteiger partial charge in [-0.1, -0.05) is 45.5 Å². The first kappa shape index (κ1) is 39.0. The Kier molecular flexibility index (Phi) is 11.5. The molecule has 4 aliphatic heterocycles. The van der Waals surface area contributed by atoms with Crippen molar-refractivity contribution in [3.63, 3.8) is 0 Å². The molecule has 2 fully saturated rings. The molecule has 0 spiro atoms. The molecule has 2 saturated heterocycles. The molecule has 0 saturated carbocycles. The molecule has 4 N–H and O–H groups in total. The van der Waals surface area contributed by atoms with Gasteiger partial charge in [-0.2, -0.15) is 0 Å². The summed E-state index contributed by atoms with van der Waals surface area (Å²) in [5.41, 5.74) is 2.82. The lowest BCUT2D eigenvalue weighted by atomic mass is 10.0. The molecule has 1 aromatic heterocycles. The highest BCUT2D eigenvalue weighted by molar-refractivity contribution is 7.99. The lowest BCUT2D eigenvalue weighted by Crippen LogP contribution is -2.54. The van der Waals surface area contributed by atoms with Crippen LogP contribution in [0.15, 0.2) is 57.4 Å². The van der Waals surface area contributed by atoms with E-state index in [-0.39, 0.29) is 41.8 Å². The van der Waals surface area contributed by atoms with Gasteiger partial charge in [0.25, 0.3) is 0 Å². The van der Waals surface area contributed by atoms with Crippen LogP contribution in [0.1, 0.15) is 76.8 Å². The van der Waals surface area contributed by atoms with Crippen LogP contribution in [0.5, 0.6) is 11.5 Å². The number of aromatic nitrogens is 2. The fraction of sp³-hybridized carbons (Fsp3) is 0.500. The highest BCUT2D eigenvalue weighted by Gasteiger charge is 2.40. The van der Waals surface area contributed by atoms with Crippen LogP contribution in [0.3, 0.4) is 0 Å². The largest absolute Gasteiger partial charge is 0.455 e. The van der Waals surface area contributed by atoms with Gasteiger partial charge >= 0.3 is 12.2 Å². The van der Waals surface area contributed by atoms with Crippen LogP contribution in [-0.2, 0) is 19.1 Å². The predicted molar refractivity (Wildman–Crippen MR) is 210 cm³/mol. The number of rotatable bonds is 10. The van der Waals surface area contributed by atoms with Gasteiger partial charge in [0.15, 0.2) is 0 Å². The van der Waals surface area contributed by atoms with E-state index in [0.717, 1.165) is 69.6 Å². The molecule has 5 heterocycles. The van der Waals surface area contributed by atoms with E-state index in [9.17, 15) is 19.2 Å². The van der Waals surface area contributed by atoms with Gasteiger partial charge in [0, 0.05) is 18.7 Å². The minimum Gasteiger partial charge on any atom is -0.455 e. The van der Waals surface area contributed by atoms with Gasteiger partial charge in [0.2, 0.25) is 11.8 Å². The molecule has 7 rings (SSSR count). The maximum atomic E-state index is 13.6. The minimum atomic E-state index is -0.698. The Bertz CT molecular complexity index is 2020. The van der Waals surface area contributed by atoms with Crippen molar-refractivity contribution in [1.82, 2.24) is 35.7 Å². The molecule has 298 valence electrons. The van der Waals surface area contributed by atoms with Crippen molar-refractivity contribution in [2.75, 3.05) is 33.9 Å². The summed E-state index contributed by atoms with van der Waals surface area (Å²) in [6.45, 7) is 9.33. The Hall–Kier alpha value is -5.25.